The molecule has 0 fully saturated rings. The summed E-state index contributed by atoms with van der Waals surface area (Å²) in [5, 5.41) is 0. The number of rotatable bonds is 2. The fourth-order valence-electron chi connectivity index (χ4n) is 1.54. The average molecular weight is 230 g/mol. The van der Waals surface area contributed by atoms with Crippen molar-refractivity contribution in [1.82, 2.24) is 0 Å². The van der Waals surface area contributed by atoms with Gasteiger partial charge in [0, 0.05) is 11.6 Å². The third kappa shape index (κ3) is 2.10. The summed E-state index contributed by atoms with van der Waals surface area (Å²) in [5.41, 5.74) is -0.681. The fraction of sp³-hybridized carbons (Fsp3) is 0.500. The van der Waals surface area contributed by atoms with Crippen molar-refractivity contribution in [3.63, 3.8) is 0 Å². The quantitative estimate of drug-likeness (QED) is 0.776. The predicted molar refractivity (Wildman–Crippen MR) is 58.2 cm³/mol. The summed E-state index contributed by atoms with van der Waals surface area (Å²) < 4.78 is 37.6. The molecule has 0 aliphatic heterocycles. The minimum Gasteiger partial charge on any atom is -0.494 e. The zero-order chi connectivity index (χ0) is 12.5. The highest BCUT2D eigenvalue weighted by atomic mass is 19.1. The number of ether oxygens (including phenoxy) is 2. The summed E-state index contributed by atoms with van der Waals surface area (Å²) in [5.74, 6) is -1.37. The summed E-state index contributed by atoms with van der Waals surface area (Å²) in [6.07, 6.45) is 0. The van der Waals surface area contributed by atoms with Crippen LogP contribution < -0.4 is 9.47 Å². The second-order valence-electron chi connectivity index (χ2n) is 4.53. The molecule has 0 aromatic heterocycles. The molecule has 0 unspecified atom stereocenters. The van der Waals surface area contributed by atoms with Crippen molar-refractivity contribution in [1.29, 1.82) is 0 Å². The van der Waals surface area contributed by atoms with Crippen molar-refractivity contribution >= 4 is 0 Å². The van der Waals surface area contributed by atoms with Gasteiger partial charge in [-0.15, -0.1) is 0 Å². The van der Waals surface area contributed by atoms with Gasteiger partial charge in [0.2, 0.25) is 0 Å². The van der Waals surface area contributed by atoms with Gasteiger partial charge in [0.05, 0.1) is 14.2 Å². The van der Waals surface area contributed by atoms with Crippen molar-refractivity contribution in [2.75, 3.05) is 14.2 Å². The highest BCUT2D eigenvalue weighted by Crippen LogP contribution is 2.37. The van der Waals surface area contributed by atoms with Gasteiger partial charge in [-0.1, -0.05) is 20.8 Å². The van der Waals surface area contributed by atoms with Gasteiger partial charge in [-0.25, -0.2) is 8.78 Å². The van der Waals surface area contributed by atoms with Gasteiger partial charge in [0.15, 0.2) is 23.1 Å². The lowest BCUT2D eigenvalue weighted by molar-refractivity contribution is 0.343. The standard InChI is InChI=1S/C12H16F2O2/c1-12(2,3)9-10(13)7(15-4)6-8(16-5)11(9)14/h6H,1-5H3. The van der Waals surface area contributed by atoms with Gasteiger partial charge in [0.25, 0.3) is 0 Å². The Labute approximate surface area is 94.2 Å². The minimum atomic E-state index is -0.673. The Morgan fingerprint density at radius 1 is 0.938 bits per heavy atom. The van der Waals surface area contributed by atoms with Crippen LogP contribution in [0.1, 0.15) is 26.3 Å². The molecule has 4 heteroatoms. The molecule has 1 aromatic carbocycles. The molecule has 0 radical (unpaired) electrons. The number of methoxy groups -OCH3 is 2. The van der Waals surface area contributed by atoms with Crippen LogP contribution in [0.15, 0.2) is 6.07 Å². The van der Waals surface area contributed by atoms with Crippen LogP contribution in [0.2, 0.25) is 0 Å². The first-order valence-electron chi connectivity index (χ1n) is 4.93. The molecule has 2 nitrogen and oxygen atoms in total. The van der Waals surface area contributed by atoms with Gasteiger partial charge in [-0.05, 0) is 5.41 Å². The van der Waals surface area contributed by atoms with Crippen molar-refractivity contribution in [2.24, 2.45) is 0 Å². The Balaban J connectivity index is 3.56. The average Bonchev–Trinajstić information content (AvgIpc) is 2.16. The molecule has 0 spiro atoms. The van der Waals surface area contributed by atoms with Crippen LogP contribution in [0.3, 0.4) is 0 Å². The van der Waals surface area contributed by atoms with E-state index in [0.29, 0.717) is 0 Å². The molecule has 0 heterocycles. The largest absolute Gasteiger partial charge is 0.494 e. The van der Waals surface area contributed by atoms with E-state index >= 15 is 0 Å². The van der Waals surface area contributed by atoms with Gasteiger partial charge in [0.1, 0.15) is 0 Å². The van der Waals surface area contributed by atoms with Crippen LogP contribution in [-0.4, -0.2) is 14.2 Å². The van der Waals surface area contributed by atoms with E-state index in [0.717, 1.165) is 0 Å². The molecule has 0 N–H and O–H groups in total. The molecule has 0 aliphatic rings. The molecule has 0 saturated heterocycles. The SMILES string of the molecule is COc1cc(OC)c(F)c(C(C)(C)C)c1F. The van der Waals surface area contributed by atoms with Crippen LogP contribution in [0.5, 0.6) is 11.5 Å². The summed E-state index contributed by atoms with van der Waals surface area (Å²) in [7, 11) is 2.67. The molecule has 16 heavy (non-hydrogen) atoms. The molecular formula is C12H16F2O2. The van der Waals surface area contributed by atoms with E-state index < -0.39 is 17.0 Å². The summed E-state index contributed by atoms with van der Waals surface area (Å²) in [6.45, 7) is 5.19. The molecule has 90 valence electrons. The van der Waals surface area contributed by atoms with Gasteiger partial charge in [-0.3, -0.25) is 0 Å². The Morgan fingerprint density at radius 3 is 1.56 bits per heavy atom. The number of halogens is 2. The topological polar surface area (TPSA) is 18.5 Å². The van der Waals surface area contributed by atoms with Crippen LogP contribution in [0.4, 0.5) is 8.78 Å². The first kappa shape index (κ1) is 12.7. The number of hydrogen-bond donors (Lipinski definition) is 0. The van der Waals surface area contributed by atoms with E-state index in [4.69, 9.17) is 9.47 Å². The maximum absolute atomic E-state index is 13.9. The lowest BCUT2D eigenvalue weighted by Gasteiger charge is -2.22. The Morgan fingerprint density at radius 2 is 1.31 bits per heavy atom. The minimum absolute atomic E-state index is 0.0109. The summed E-state index contributed by atoms with van der Waals surface area (Å²) in [4.78, 5) is 0. The van der Waals surface area contributed by atoms with E-state index in [1.807, 2.05) is 0 Å². The summed E-state index contributed by atoms with van der Waals surface area (Å²) in [6, 6.07) is 1.21. The maximum Gasteiger partial charge on any atom is 0.171 e. The lowest BCUT2D eigenvalue weighted by atomic mass is 9.85. The van der Waals surface area contributed by atoms with Crippen LogP contribution in [0, 0.1) is 11.6 Å². The number of benzene rings is 1. The van der Waals surface area contributed by atoms with E-state index in [1.54, 1.807) is 20.8 Å². The van der Waals surface area contributed by atoms with Crippen molar-refractivity contribution in [2.45, 2.75) is 26.2 Å². The highest BCUT2D eigenvalue weighted by molar-refractivity contribution is 5.44. The fourth-order valence-corrected chi connectivity index (χ4v) is 1.54. The number of hydrogen-bond acceptors (Lipinski definition) is 2. The zero-order valence-electron chi connectivity index (χ0n) is 10.1. The van der Waals surface area contributed by atoms with E-state index in [-0.39, 0.29) is 17.1 Å². The van der Waals surface area contributed by atoms with E-state index in [9.17, 15) is 8.78 Å². The van der Waals surface area contributed by atoms with E-state index in [1.165, 1.54) is 20.3 Å². The molecule has 0 atom stereocenters. The predicted octanol–water partition coefficient (Wildman–Crippen LogP) is 3.28. The second-order valence-corrected chi connectivity index (χ2v) is 4.53. The third-order valence-electron chi connectivity index (χ3n) is 2.32. The van der Waals surface area contributed by atoms with E-state index in [2.05, 4.69) is 0 Å². The van der Waals surface area contributed by atoms with Crippen LogP contribution in [0.25, 0.3) is 0 Å². The summed E-state index contributed by atoms with van der Waals surface area (Å²) >= 11 is 0. The molecule has 0 amide bonds. The van der Waals surface area contributed by atoms with Gasteiger partial charge in [-0.2, -0.15) is 0 Å². The first-order valence-corrected chi connectivity index (χ1v) is 4.93. The highest BCUT2D eigenvalue weighted by Gasteiger charge is 2.28. The maximum atomic E-state index is 13.9. The first-order chi connectivity index (χ1) is 7.32. The Kier molecular flexibility index (Phi) is 3.41. The molecule has 1 aromatic rings. The van der Waals surface area contributed by atoms with Gasteiger partial charge < -0.3 is 9.47 Å². The monoisotopic (exact) mass is 230 g/mol. The van der Waals surface area contributed by atoms with Crippen LogP contribution >= 0.6 is 0 Å². The smallest absolute Gasteiger partial charge is 0.171 e. The molecular weight excluding hydrogens is 214 g/mol. The normalized spacial score (nSPS) is 11.4. The third-order valence-corrected chi connectivity index (χ3v) is 2.32. The second kappa shape index (κ2) is 4.28. The van der Waals surface area contributed by atoms with Crippen LogP contribution in [-0.2, 0) is 5.41 Å². The zero-order valence-corrected chi connectivity index (χ0v) is 10.1. The molecule has 0 aliphatic carbocycles. The lowest BCUT2D eigenvalue weighted by Crippen LogP contribution is -2.17. The molecule has 1 rings (SSSR count). The van der Waals surface area contributed by atoms with Crippen molar-refractivity contribution in [3.8, 4) is 11.5 Å². The molecule has 0 bridgehead atoms. The van der Waals surface area contributed by atoms with Gasteiger partial charge >= 0.3 is 0 Å². The van der Waals surface area contributed by atoms with Crippen molar-refractivity contribution < 1.29 is 18.3 Å². The van der Waals surface area contributed by atoms with Crippen molar-refractivity contribution in [3.05, 3.63) is 23.3 Å². The molecule has 0 saturated carbocycles. The Bertz CT molecular complexity index is 367. The Hall–Kier alpha value is -1.32.